The highest BCUT2D eigenvalue weighted by Crippen LogP contribution is 2.56. The maximum absolute atomic E-state index is 11.9. The van der Waals surface area contributed by atoms with Crippen LogP contribution in [0.25, 0.3) is 0 Å². The summed E-state index contributed by atoms with van der Waals surface area (Å²) in [5, 5.41) is 20.3. The normalized spacial score (nSPS) is 45.8. The van der Waals surface area contributed by atoms with Gasteiger partial charge in [0.2, 0.25) is 0 Å². The molecule has 4 heteroatoms. The monoisotopic (exact) mass is 266 g/mol. The van der Waals surface area contributed by atoms with E-state index in [0.29, 0.717) is 6.42 Å². The van der Waals surface area contributed by atoms with Crippen LogP contribution < -0.4 is 0 Å². The molecule has 1 aliphatic heterocycles. The van der Waals surface area contributed by atoms with Gasteiger partial charge in [0, 0.05) is 0 Å². The summed E-state index contributed by atoms with van der Waals surface area (Å²) in [6, 6.07) is 0. The number of esters is 1. The van der Waals surface area contributed by atoms with E-state index in [1.165, 1.54) is 5.57 Å². The van der Waals surface area contributed by atoms with E-state index >= 15 is 0 Å². The van der Waals surface area contributed by atoms with E-state index in [0.717, 1.165) is 31.3 Å². The maximum atomic E-state index is 11.9. The molecule has 1 saturated heterocycles. The summed E-state index contributed by atoms with van der Waals surface area (Å²) < 4.78 is 5.47. The molecule has 4 atom stereocenters. The lowest BCUT2D eigenvalue weighted by Crippen LogP contribution is -2.53. The van der Waals surface area contributed by atoms with Crippen molar-refractivity contribution in [1.29, 1.82) is 0 Å². The Hall–Kier alpha value is -0.870. The predicted octanol–water partition coefficient (Wildman–Crippen LogP) is 1.55. The Balaban J connectivity index is 2.08. The highest BCUT2D eigenvalue weighted by atomic mass is 16.6. The van der Waals surface area contributed by atoms with Crippen LogP contribution in [0.15, 0.2) is 11.1 Å². The summed E-state index contributed by atoms with van der Waals surface area (Å²) in [7, 11) is 0. The minimum atomic E-state index is -1.21. The molecule has 0 bridgehead atoms. The topological polar surface area (TPSA) is 66.8 Å². The minimum Gasteiger partial charge on any atom is -0.454 e. The number of allylic oxidation sites excluding steroid dienone is 1. The van der Waals surface area contributed by atoms with Crippen LogP contribution in [0, 0.1) is 11.3 Å². The van der Waals surface area contributed by atoms with E-state index < -0.39 is 23.6 Å². The molecule has 2 aliphatic carbocycles. The molecule has 1 heterocycles. The van der Waals surface area contributed by atoms with Crippen LogP contribution in [0.3, 0.4) is 0 Å². The molecular formula is C15H22O4. The van der Waals surface area contributed by atoms with Gasteiger partial charge in [0.25, 0.3) is 0 Å². The first kappa shape index (κ1) is 13.1. The summed E-state index contributed by atoms with van der Waals surface area (Å²) in [6.07, 6.45) is 4.11. The van der Waals surface area contributed by atoms with Crippen LogP contribution in [0.4, 0.5) is 0 Å². The summed E-state index contributed by atoms with van der Waals surface area (Å²) >= 11 is 0. The third-order valence-electron chi connectivity index (χ3n) is 5.49. The van der Waals surface area contributed by atoms with Crippen molar-refractivity contribution >= 4 is 5.97 Å². The summed E-state index contributed by atoms with van der Waals surface area (Å²) in [5.41, 5.74) is 1.21. The number of aliphatic hydroxyl groups is 2. The molecule has 0 radical (unpaired) electrons. The molecular weight excluding hydrogens is 244 g/mol. The number of hydrogen-bond donors (Lipinski definition) is 2. The molecule has 2 N–H and O–H groups in total. The molecule has 106 valence electrons. The van der Waals surface area contributed by atoms with Crippen LogP contribution in [0.5, 0.6) is 0 Å². The smallest absolute Gasteiger partial charge is 0.315 e. The Bertz CT molecular complexity index is 455. The molecule has 4 nitrogen and oxygen atoms in total. The Kier molecular flexibility index (Phi) is 2.81. The minimum absolute atomic E-state index is 0.0455. The van der Waals surface area contributed by atoms with Gasteiger partial charge in [-0.15, -0.1) is 0 Å². The lowest BCUT2D eigenvalue weighted by Gasteiger charge is -2.49. The van der Waals surface area contributed by atoms with Crippen LogP contribution >= 0.6 is 0 Å². The molecule has 0 aromatic carbocycles. The average Bonchev–Trinajstić information content (AvgIpc) is 2.59. The van der Waals surface area contributed by atoms with Crippen molar-refractivity contribution in [3.05, 3.63) is 11.1 Å². The fourth-order valence-electron chi connectivity index (χ4n) is 4.34. The van der Waals surface area contributed by atoms with Gasteiger partial charge in [0.15, 0.2) is 6.10 Å². The second-order valence-corrected chi connectivity index (χ2v) is 6.65. The van der Waals surface area contributed by atoms with E-state index in [9.17, 15) is 15.0 Å². The molecule has 2 unspecified atom stereocenters. The van der Waals surface area contributed by atoms with Gasteiger partial charge in [0.1, 0.15) is 11.5 Å². The number of carbonyl (C=O) groups is 1. The lowest BCUT2D eigenvalue weighted by atomic mass is 9.58. The largest absolute Gasteiger partial charge is 0.454 e. The lowest BCUT2D eigenvalue weighted by molar-refractivity contribution is -0.144. The fraction of sp³-hybridized carbons (Fsp3) is 0.800. The number of rotatable bonds is 1. The average molecular weight is 266 g/mol. The number of ether oxygens (including phenoxy) is 1. The maximum Gasteiger partial charge on any atom is 0.315 e. The summed E-state index contributed by atoms with van der Waals surface area (Å²) in [4.78, 5) is 11.9. The van der Waals surface area contributed by atoms with Crippen molar-refractivity contribution in [2.24, 2.45) is 11.3 Å². The molecule has 1 saturated carbocycles. The molecule has 0 aromatic rings. The van der Waals surface area contributed by atoms with Crippen molar-refractivity contribution in [2.75, 3.05) is 6.61 Å². The van der Waals surface area contributed by atoms with E-state index in [-0.39, 0.29) is 12.0 Å². The van der Waals surface area contributed by atoms with Gasteiger partial charge in [-0.25, -0.2) is 0 Å². The quantitative estimate of drug-likeness (QED) is 0.558. The third kappa shape index (κ3) is 1.62. The Labute approximate surface area is 113 Å². The van der Waals surface area contributed by atoms with E-state index in [4.69, 9.17) is 4.74 Å². The van der Waals surface area contributed by atoms with Gasteiger partial charge in [0.05, 0.1) is 6.61 Å². The zero-order valence-corrected chi connectivity index (χ0v) is 11.6. The number of hydrogen-bond acceptors (Lipinski definition) is 4. The van der Waals surface area contributed by atoms with E-state index in [2.05, 4.69) is 13.8 Å². The predicted molar refractivity (Wildman–Crippen MR) is 69.3 cm³/mol. The second kappa shape index (κ2) is 4.06. The van der Waals surface area contributed by atoms with Crippen molar-refractivity contribution in [3.8, 4) is 0 Å². The van der Waals surface area contributed by atoms with E-state index in [1.54, 1.807) is 0 Å². The van der Waals surface area contributed by atoms with Crippen LogP contribution in [-0.4, -0.2) is 34.5 Å². The first-order chi connectivity index (χ1) is 8.92. The molecule has 3 aliphatic rings. The van der Waals surface area contributed by atoms with Gasteiger partial charge < -0.3 is 14.9 Å². The first-order valence-corrected chi connectivity index (χ1v) is 7.16. The van der Waals surface area contributed by atoms with Gasteiger partial charge in [-0.05, 0) is 50.0 Å². The molecule has 3 rings (SSSR count). The van der Waals surface area contributed by atoms with Gasteiger partial charge in [-0.3, -0.25) is 4.79 Å². The zero-order chi connectivity index (χ0) is 13.8. The summed E-state index contributed by atoms with van der Waals surface area (Å²) in [5.74, 6) is -1.24. The fourth-order valence-corrected chi connectivity index (χ4v) is 4.34. The SMILES string of the molecule is CC1=C2C3OC(=O)[C@H](CO)C3(O)CC[C@@]2(C)CCC1. The molecule has 19 heavy (non-hydrogen) atoms. The number of aliphatic hydroxyl groups excluding tert-OH is 1. The second-order valence-electron chi connectivity index (χ2n) is 6.65. The zero-order valence-electron chi connectivity index (χ0n) is 11.6. The van der Waals surface area contributed by atoms with E-state index in [1.807, 2.05) is 0 Å². The van der Waals surface area contributed by atoms with Crippen molar-refractivity contribution in [1.82, 2.24) is 0 Å². The Morgan fingerprint density at radius 2 is 2.11 bits per heavy atom. The van der Waals surface area contributed by atoms with Crippen LogP contribution in [0.2, 0.25) is 0 Å². The number of fused-ring (bicyclic) bond motifs is 3. The standard InChI is InChI=1S/C15H22O4/c1-9-4-3-5-14(2)6-7-15(18)10(8-16)13(17)19-12(15)11(9)14/h10,12,16,18H,3-8H2,1-2H3/t10-,12?,14+,15?/m0/s1. The van der Waals surface area contributed by atoms with Gasteiger partial charge in [-0.1, -0.05) is 12.5 Å². The van der Waals surface area contributed by atoms with Crippen LogP contribution in [0.1, 0.15) is 46.0 Å². The van der Waals surface area contributed by atoms with Crippen molar-refractivity contribution in [2.45, 2.75) is 57.7 Å². The van der Waals surface area contributed by atoms with Crippen molar-refractivity contribution < 1.29 is 19.7 Å². The third-order valence-corrected chi connectivity index (χ3v) is 5.49. The Morgan fingerprint density at radius 1 is 1.37 bits per heavy atom. The van der Waals surface area contributed by atoms with Crippen LogP contribution in [-0.2, 0) is 9.53 Å². The van der Waals surface area contributed by atoms with Gasteiger partial charge in [-0.2, -0.15) is 0 Å². The number of carbonyl (C=O) groups excluding carboxylic acids is 1. The highest BCUT2D eigenvalue weighted by molar-refractivity contribution is 5.78. The molecule has 2 fully saturated rings. The Morgan fingerprint density at radius 3 is 2.79 bits per heavy atom. The molecule has 0 amide bonds. The highest BCUT2D eigenvalue weighted by Gasteiger charge is 2.62. The summed E-state index contributed by atoms with van der Waals surface area (Å²) in [6.45, 7) is 3.96. The van der Waals surface area contributed by atoms with Gasteiger partial charge >= 0.3 is 5.97 Å². The first-order valence-electron chi connectivity index (χ1n) is 7.16. The molecule has 0 aromatic heterocycles. The van der Waals surface area contributed by atoms with Crippen molar-refractivity contribution in [3.63, 3.8) is 0 Å². The molecule has 0 spiro atoms.